The molecular weight excluding hydrogens is 268 g/mol. The Morgan fingerprint density at radius 1 is 1.56 bits per heavy atom. The van der Waals surface area contributed by atoms with Gasteiger partial charge in [0.05, 0.1) is 0 Å². The molecule has 1 unspecified atom stereocenters. The zero-order valence-electron chi connectivity index (χ0n) is 11.9. The van der Waals surface area contributed by atoms with Crippen LogP contribution in [0.1, 0.15) is 33.1 Å². The van der Waals surface area contributed by atoms with Crippen molar-refractivity contribution in [3.63, 3.8) is 0 Å². The SMILES string of the molecule is CSCCC(C)N(C)C(=O)[C@H]1CCN[C@@H](C)C1.Cl. The van der Waals surface area contributed by atoms with Gasteiger partial charge in [0.25, 0.3) is 0 Å². The molecule has 0 saturated carbocycles. The van der Waals surface area contributed by atoms with Crippen molar-refractivity contribution in [1.29, 1.82) is 0 Å². The van der Waals surface area contributed by atoms with Crippen LogP contribution in [0.15, 0.2) is 0 Å². The smallest absolute Gasteiger partial charge is 0.225 e. The van der Waals surface area contributed by atoms with Gasteiger partial charge in [-0.2, -0.15) is 11.8 Å². The summed E-state index contributed by atoms with van der Waals surface area (Å²) in [5, 5.41) is 3.40. The molecule has 0 aliphatic carbocycles. The number of nitrogens with zero attached hydrogens (tertiary/aromatic N) is 1. The summed E-state index contributed by atoms with van der Waals surface area (Å²) in [5.41, 5.74) is 0. The summed E-state index contributed by atoms with van der Waals surface area (Å²) in [6, 6.07) is 0.841. The lowest BCUT2D eigenvalue weighted by Crippen LogP contribution is -2.45. The molecule has 1 aliphatic heterocycles. The number of carbonyl (C=O) groups is 1. The van der Waals surface area contributed by atoms with E-state index in [0.29, 0.717) is 18.0 Å². The second-order valence-corrected chi connectivity index (χ2v) is 6.14. The topological polar surface area (TPSA) is 32.3 Å². The molecule has 0 bridgehead atoms. The largest absolute Gasteiger partial charge is 0.343 e. The molecule has 0 aromatic carbocycles. The van der Waals surface area contributed by atoms with Gasteiger partial charge in [0.1, 0.15) is 0 Å². The van der Waals surface area contributed by atoms with Crippen LogP contribution in [-0.2, 0) is 4.79 Å². The summed E-state index contributed by atoms with van der Waals surface area (Å²) in [7, 11) is 1.96. The third kappa shape index (κ3) is 5.37. The molecule has 0 spiro atoms. The minimum Gasteiger partial charge on any atom is -0.343 e. The van der Waals surface area contributed by atoms with Crippen molar-refractivity contribution < 1.29 is 4.79 Å². The van der Waals surface area contributed by atoms with Crippen molar-refractivity contribution in [3.8, 4) is 0 Å². The van der Waals surface area contributed by atoms with Crippen LogP contribution in [0.25, 0.3) is 0 Å². The number of amides is 1. The summed E-state index contributed by atoms with van der Waals surface area (Å²) in [4.78, 5) is 14.3. The lowest BCUT2D eigenvalue weighted by molar-refractivity contribution is -0.137. The minimum absolute atomic E-state index is 0. The number of hydrogen-bond donors (Lipinski definition) is 1. The summed E-state index contributed by atoms with van der Waals surface area (Å²) >= 11 is 1.85. The molecule has 1 saturated heterocycles. The number of hydrogen-bond acceptors (Lipinski definition) is 3. The summed E-state index contributed by atoms with van der Waals surface area (Å²) in [6.45, 7) is 5.29. The molecule has 3 atom stereocenters. The second-order valence-electron chi connectivity index (χ2n) is 5.16. The third-order valence-electron chi connectivity index (χ3n) is 3.72. The monoisotopic (exact) mass is 294 g/mol. The van der Waals surface area contributed by atoms with Crippen molar-refractivity contribution in [2.24, 2.45) is 5.92 Å². The van der Waals surface area contributed by atoms with E-state index >= 15 is 0 Å². The molecule has 108 valence electrons. The number of piperidine rings is 1. The first-order valence-electron chi connectivity index (χ1n) is 6.55. The fraction of sp³-hybridized carbons (Fsp3) is 0.923. The number of rotatable bonds is 5. The van der Waals surface area contributed by atoms with E-state index in [-0.39, 0.29) is 18.3 Å². The highest BCUT2D eigenvalue weighted by Crippen LogP contribution is 2.20. The van der Waals surface area contributed by atoms with E-state index in [9.17, 15) is 4.79 Å². The van der Waals surface area contributed by atoms with E-state index in [1.165, 1.54) is 0 Å². The molecule has 1 aliphatic rings. The van der Waals surface area contributed by atoms with Gasteiger partial charge in [0, 0.05) is 25.0 Å². The lowest BCUT2D eigenvalue weighted by atomic mass is 9.91. The van der Waals surface area contributed by atoms with Gasteiger partial charge in [-0.1, -0.05) is 0 Å². The Hall–Kier alpha value is 0.0700. The standard InChI is InChI=1S/C13H26N2OS.ClH/c1-10-9-12(5-7-14-10)13(16)15(3)11(2)6-8-17-4;/h10-12,14H,5-9H2,1-4H3;1H/t10-,11?,12-;/m0./s1. The number of halogens is 1. The van der Waals surface area contributed by atoms with Gasteiger partial charge in [-0.05, 0) is 51.7 Å². The molecule has 1 amide bonds. The van der Waals surface area contributed by atoms with Crippen molar-refractivity contribution in [1.82, 2.24) is 10.2 Å². The average Bonchev–Trinajstić information content (AvgIpc) is 2.34. The fourth-order valence-corrected chi connectivity index (χ4v) is 2.92. The van der Waals surface area contributed by atoms with E-state index in [2.05, 4.69) is 25.4 Å². The molecule has 0 radical (unpaired) electrons. The maximum Gasteiger partial charge on any atom is 0.225 e. The second kappa shape index (κ2) is 9.05. The van der Waals surface area contributed by atoms with Crippen molar-refractivity contribution in [2.75, 3.05) is 25.6 Å². The molecule has 0 aromatic rings. The van der Waals surface area contributed by atoms with Crippen LogP contribution < -0.4 is 5.32 Å². The molecule has 18 heavy (non-hydrogen) atoms. The maximum absolute atomic E-state index is 12.3. The molecule has 1 N–H and O–H groups in total. The van der Waals surface area contributed by atoms with Gasteiger partial charge in [0.15, 0.2) is 0 Å². The van der Waals surface area contributed by atoms with Gasteiger partial charge < -0.3 is 10.2 Å². The molecule has 0 aromatic heterocycles. The van der Waals surface area contributed by atoms with Crippen LogP contribution in [0.4, 0.5) is 0 Å². The Bertz CT molecular complexity index is 253. The average molecular weight is 295 g/mol. The Balaban J connectivity index is 0.00000289. The first kappa shape index (κ1) is 18.1. The van der Waals surface area contributed by atoms with Gasteiger partial charge >= 0.3 is 0 Å². The number of carbonyl (C=O) groups excluding carboxylic acids is 1. The number of nitrogens with one attached hydrogen (secondary N) is 1. The van der Waals surface area contributed by atoms with E-state index in [0.717, 1.165) is 31.6 Å². The number of thioether (sulfide) groups is 1. The Kier molecular flexibility index (Phi) is 9.09. The lowest BCUT2D eigenvalue weighted by Gasteiger charge is -2.33. The third-order valence-corrected chi connectivity index (χ3v) is 4.37. The zero-order valence-corrected chi connectivity index (χ0v) is 13.6. The fourth-order valence-electron chi connectivity index (χ4n) is 2.34. The molecule has 1 rings (SSSR count). The predicted octanol–water partition coefficient (Wildman–Crippen LogP) is 2.40. The van der Waals surface area contributed by atoms with Crippen LogP contribution in [0.3, 0.4) is 0 Å². The van der Waals surface area contributed by atoms with Crippen LogP contribution in [-0.4, -0.2) is 48.5 Å². The van der Waals surface area contributed by atoms with E-state index in [4.69, 9.17) is 0 Å². The van der Waals surface area contributed by atoms with Crippen molar-refractivity contribution >= 4 is 30.1 Å². The van der Waals surface area contributed by atoms with Crippen LogP contribution in [0, 0.1) is 5.92 Å². The quantitative estimate of drug-likeness (QED) is 0.845. The van der Waals surface area contributed by atoms with Gasteiger partial charge in [-0.25, -0.2) is 0 Å². The van der Waals surface area contributed by atoms with Crippen molar-refractivity contribution in [2.45, 2.75) is 45.2 Å². The van der Waals surface area contributed by atoms with Crippen LogP contribution >= 0.6 is 24.2 Å². The minimum atomic E-state index is 0. The van der Waals surface area contributed by atoms with E-state index < -0.39 is 0 Å². The molecule has 5 heteroatoms. The van der Waals surface area contributed by atoms with Gasteiger partial charge in [-0.3, -0.25) is 4.79 Å². The van der Waals surface area contributed by atoms with Gasteiger partial charge in [0.2, 0.25) is 5.91 Å². The Morgan fingerprint density at radius 3 is 2.78 bits per heavy atom. The summed E-state index contributed by atoms with van der Waals surface area (Å²) in [6.07, 6.45) is 5.17. The molecule has 1 heterocycles. The summed E-state index contributed by atoms with van der Waals surface area (Å²) < 4.78 is 0. The van der Waals surface area contributed by atoms with E-state index in [1.54, 1.807) is 0 Å². The normalized spacial score (nSPS) is 25.1. The maximum atomic E-state index is 12.3. The van der Waals surface area contributed by atoms with Crippen LogP contribution in [0.5, 0.6) is 0 Å². The highest BCUT2D eigenvalue weighted by molar-refractivity contribution is 7.98. The highest BCUT2D eigenvalue weighted by atomic mass is 35.5. The van der Waals surface area contributed by atoms with E-state index in [1.807, 2.05) is 23.7 Å². The highest BCUT2D eigenvalue weighted by Gasteiger charge is 2.28. The Morgan fingerprint density at radius 2 is 2.22 bits per heavy atom. The van der Waals surface area contributed by atoms with Gasteiger partial charge in [-0.15, -0.1) is 12.4 Å². The zero-order chi connectivity index (χ0) is 12.8. The first-order valence-corrected chi connectivity index (χ1v) is 7.94. The predicted molar refractivity (Wildman–Crippen MR) is 82.7 cm³/mol. The molecule has 3 nitrogen and oxygen atoms in total. The molecular formula is C13H27ClN2OS. The molecule has 1 fully saturated rings. The first-order chi connectivity index (χ1) is 8.06. The van der Waals surface area contributed by atoms with Crippen LogP contribution in [0.2, 0.25) is 0 Å². The van der Waals surface area contributed by atoms with Crippen molar-refractivity contribution in [3.05, 3.63) is 0 Å². The Labute approximate surface area is 122 Å². The summed E-state index contributed by atoms with van der Waals surface area (Å²) in [5.74, 6) is 1.70.